The molecular weight excluding hydrogens is 292 g/mol. The zero-order valence-corrected chi connectivity index (χ0v) is 13.6. The Morgan fingerprint density at radius 2 is 2.19 bits per heavy atom. The molecule has 1 atom stereocenters. The fourth-order valence-electron chi connectivity index (χ4n) is 2.86. The van der Waals surface area contributed by atoms with Crippen molar-refractivity contribution in [2.75, 3.05) is 18.1 Å². The first-order chi connectivity index (χ1) is 9.83. The summed E-state index contributed by atoms with van der Waals surface area (Å²) in [5, 5.41) is 4.31. The average molecular weight is 314 g/mol. The maximum Gasteiger partial charge on any atom is 0.341 e. The number of carbonyl (C=O) groups is 1. The maximum absolute atomic E-state index is 12.0. The van der Waals surface area contributed by atoms with E-state index in [0.717, 1.165) is 12.1 Å². The second kappa shape index (κ2) is 5.79. The van der Waals surface area contributed by atoms with Crippen LogP contribution >= 0.6 is 0 Å². The molecule has 0 aliphatic carbocycles. The number of hydrogen-bond acceptors (Lipinski definition) is 5. The minimum atomic E-state index is -3.03. The molecule has 7 heteroatoms. The summed E-state index contributed by atoms with van der Waals surface area (Å²) in [6, 6.07) is 0. The topological polar surface area (TPSA) is 78.3 Å². The van der Waals surface area contributed by atoms with Gasteiger partial charge in [-0.15, -0.1) is 0 Å². The second-order valence-corrected chi connectivity index (χ2v) is 7.91. The van der Waals surface area contributed by atoms with E-state index in [-0.39, 0.29) is 11.5 Å². The molecule has 1 aliphatic heterocycles. The first kappa shape index (κ1) is 16.0. The lowest BCUT2D eigenvalue weighted by Gasteiger charge is -2.25. The molecule has 0 amide bonds. The van der Waals surface area contributed by atoms with Crippen LogP contribution in [0.3, 0.4) is 0 Å². The van der Waals surface area contributed by atoms with Gasteiger partial charge < -0.3 is 4.74 Å². The average Bonchev–Trinajstić information content (AvgIpc) is 2.93. The van der Waals surface area contributed by atoms with Crippen molar-refractivity contribution in [2.24, 2.45) is 0 Å². The van der Waals surface area contributed by atoms with Crippen LogP contribution < -0.4 is 0 Å². The van der Waals surface area contributed by atoms with Crippen LogP contribution in [-0.2, 0) is 26.5 Å². The standard InChI is InChI=1S/C14H22N2O4S/c1-4-6-12-11(13(17)20-5-2)9-15-16(12)14(3)7-8-21(18,19)10-14/h9H,4-8,10H2,1-3H3. The van der Waals surface area contributed by atoms with Crippen LogP contribution in [0.4, 0.5) is 0 Å². The van der Waals surface area contributed by atoms with Crippen LogP contribution in [0.15, 0.2) is 6.20 Å². The Balaban J connectivity index is 2.43. The van der Waals surface area contributed by atoms with E-state index in [9.17, 15) is 13.2 Å². The van der Waals surface area contributed by atoms with Crippen molar-refractivity contribution >= 4 is 15.8 Å². The summed E-state index contributed by atoms with van der Waals surface area (Å²) in [7, 11) is -3.03. The molecule has 0 radical (unpaired) electrons. The van der Waals surface area contributed by atoms with Crippen molar-refractivity contribution < 1.29 is 17.9 Å². The van der Waals surface area contributed by atoms with Crippen LogP contribution in [0, 0.1) is 0 Å². The van der Waals surface area contributed by atoms with E-state index in [1.807, 2.05) is 13.8 Å². The number of nitrogens with zero attached hydrogens (tertiary/aromatic N) is 2. The highest BCUT2D eigenvalue weighted by atomic mass is 32.2. The molecule has 1 unspecified atom stereocenters. The summed E-state index contributed by atoms with van der Waals surface area (Å²) in [5.74, 6) is -0.152. The Hall–Kier alpha value is -1.37. The molecule has 0 bridgehead atoms. The van der Waals surface area contributed by atoms with Gasteiger partial charge in [-0.2, -0.15) is 5.10 Å². The van der Waals surface area contributed by atoms with Crippen molar-refractivity contribution in [1.29, 1.82) is 0 Å². The van der Waals surface area contributed by atoms with Gasteiger partial charge in [0.15, 0.2) is 9.84 Å². The van der Waals surface area contributed by atoms with Gasteiger partial charge in [-0.3, -0.25) is 4.68 Å². The molecule has 1 saturated heterocycles. The normalized spacial score (nSPS) is 24.1. The fourth-order valence-corrected chi connectivity index (χ4v) is 4.97. The molecule has 118 valence electrons. The van der Waals surface area contributed by atoms with Gasteiger partial charge in [0.2, 0.25) is 0 Å². The lowest BCUT2D eigenvalue weighted by atomic mass is 10.0. The smallest absolute Gasteiger partial charge is 0.341 e. The zero-order chi connectivity index (χ0) is 15.7. The van der Waals surface area contributed by atoms with Gasteiger partial charge in [0.05, 0.1) is 35.5 Å². The third-order valence-corrected chi connectivity index (χ3v) is 5.73. The lowest BCUT2D eigenvalue weighted by molar-refractivity contribution is 0.0524. The summed E-state index contributed by atoms with van der Waals surface area (Å²) in [4.78, 5) is 12.0. The molecule has 2 rings (SSSR count). The third kappa shape index (κ3) is 3.12. The van der Waals surface area contributed by atoms with Gasteiger partial charge in [-0.05, 0) is 26.7 Å². The van der Waals surface area contributed by atoms with Gasteiger partial charge in [-0.25, -0.2) is 13.2 Å². The van der Waals surface area contributed by atoms with Crippen LogP contribution in [0.5, 0.6) is 0 Å². The number of aromatic nitrogens is 2. The van der Waals surface area contributed by atoms with Crippen molar-refractivity contribution in [3.8, 4) is 0 Å². The first-order valence-corrected chi connectivity index (χ1v) is 9.10. The highest BCUT2D eigenvalue weighted by molar-refractivity contribution is 7.91. The van der Waals surface area contributed by atoms with Gasteiger partial charge >= 0.3 is 5.97 Å². The van der Waals surface area contributed by atoms with E-state index in [1.54, 1.807) is 11.6 Å². The monoisotopic (exact) mass is 314 g/mol. The largest absolute Gasteiger partial charge is 0.462 e. The molecule has 0 N–H and O–H groups in total. The quantitative estimate of drug-likeness (QED) is 0.770. The predicted octanol–water partition coefficient (Wildman–Crippen LogP) is 1.55. The van der Waals surface area contributed by atoms with E-state index < -0.39 is 21.3 Å². The van der Waals surface area contributed by atoms with E-state index >= 15 is 0 Å². The number of ether oxygens (including phenoxy) is 1. The summed E-state index contributed by atoms with van der Waals surface area (Å²) >= 11 is 0. The molecule has 1 aromatic rings. The number of sulfone groups is 1. The van der Waals surface area contributed by atoms with Gasteiger partial charge in [0, 0.05) is 0 Å². The molecule has 1 aliphatic rings. The SMILES string of the molecule is CCCc1c(C(=O)OCC)cnn1C1(C)CCS(=O)(=O)C1. The Morgan fingerprint density at radius 1 is 1.48 bits per heavy atom. The van der Waals surface area contributed by atoms with Crippen LogP contribution in [0.25, 0.3) is 0 Å². The first-order valence-electron chi connectivity index (χ1n) is 7.28. The Bertz CT molecular complexity index is 635. The third-order valence-electron chi connectivity index (χ3n) is 3.84. The number of rotatable bonds is 5. The van der Waals surface area contributed by atoms with Gasteiger partial charge in [0.1, 0.15) is 5.56 Å². The van der Waals surface area contributed by atoms with Crippen molar-refractivity contribution in [2.45, 2.75) is 45.6 Å². The molecule has 6 nitrogen and oxygen atoms in total. The molecule has 1 fully saturated rings. The number of hydrogen-bond donors (Lipinski definition) is 0. The molecule has 0 saturated carbocycles. The predicted molar refractivity (Wildman–Crippen MR) is 79.1 cm³/mol. The van der Waals surface area contributed by atoms with Crippen LogP contribution in [-0.4, -0.2) is 42.3 Å². The van der Waals surface area contributed by atoms with Gasteiger partial charge in [-0.1, -0.05) is 13.3 Å². The number of esters is 1. The molecule has 2 heterocycles. The Kier molecular flexibility index (Phi) is 4.41. The molecular formula is C14H22N2O4S. The lowest BCUT2D eigenvalue weighted by Crippen LogP contribution is -2.34. The Labute approximate surface area is 125 Å². The van der Waals surface area contributed by atoms with Crippen molar-refractivity contribution in [3.05, 3.63) is 17.5 Å². The fraction of sp³-hybridized carbons (Fsp3) is 0.714. The molecule has 0 aromatic carbocycles. The molecule has 1 aromatic heterocycles. The molecule has 21 heavy (non-hydrogen) atoms. The summed E-state index contributed by atoms with van der Waals surface area (Å²) in [5.41, 5.74) is 0.647. The summed E-state index contributed by atoms with van der Waals surface area (Å²) in [6.45, 7) is 5.96. The zero-order valence-electron chi connectivity index (χ0n) is 12.8. The highest BCUT2D eigenvalue weighted by Crippen LogP contribution is 2.32. The highest BCUT2D eigenvalue weighted by Gasteiger charge is 2.42. The van der Waals surface area contributed by atoms with Crippen LogP contribution in [0.2, 0.25) is 0 Å². The van der Waals surface area contributed by atoms with Crippen molar-refractivity contribution in [3.63, 3.8) is 0 Å². The minimum Gasteiger partial charge on any atom is -0.462 e. The number of carbonyl (C=O) groups excluding carboxylic acids is 1. The summed E-state index contributed by atoms with van der Waals surface area (Å²) in [6.07, 6.45) is 3.54. The maximum atomic E-state index is 12.0. The second-order valence-electron chi connectivity index (χ2n) is 5.73. The Morgan fingerprint density at radius 3 is 2.71 bits per heavy atom. The van der Waals surface area contributed by atoms with E-state index in [2.05, 4.69) is 5.10 Å². The van der Waals surface area contributed by atoms with E-state index in [4.69, 9.17) is 4.74 Å². The molecule has 0 spiro atoms. The minimum absolute atomic E-state index is 0.0701. The van der Waals surface area contributed by atoms with E-state index in [0.29, 0.717) is 25.0 Å². The van der Waals surface area contributed by atoms with Gasteiger partial charge in [0.25, 0.3) is 0 Å². The van der Waals surface area contributed by atoms with E-state index in [1.165, 1.54) is 6.20 Å². The van der Waals surface area contributed by atoms with Crippen LogP contribution in [0.1, 0.15) is 49.7 Å². The summed E-state index contributed by atoms with van der Waals surface area (Å²) < 4.78 is 30.4. The van der Waals surface area contributed by atoms with Crippen molar-refractivity contribution in [1.82, 2.24) is 9.78 Å².